The van der Waals surface area contributed by atoms with Crippen molar-refractivity contribution in [1.82, 2.24) is 14.5 Å². The first-order chi connectivity index (χ1) is 14.8. The fraction of sp³-hybridized carbons (Fsp3) is 0.350. The summed E-state index contributed by atoms with van der Waals surface area (Å²) in [5.41, 5.74) is 0. The van der Waals surface area contributed by atoms with E-state index in [1.807, 2.05) is 0 Å². The van der Waals surface area contributed by atoms with Gasteiger partial charge in [0.05, 0.1) is 9.92 Å². The third-order valence-electron chi connectivity index (χ3n) is 4.79. The number of carbonyl (C=O) groups excluding carboxylic acids is 1. The molecule has 0 saturated carbocycles. The van der Waals surface area contributed by atoms with Crippen LogP contribution in [0, 0.1) is 5.82 Å². The zero-order valence-electron chi connectivity index (χ0n) is 16.6. The zero-order valence-corrected chi connectivity index (χ0v) is 18.9. The van der Waals surface area contributed by atoms with Crippen LogP contribution in [0.3, 0.4) is 0 Å². The van der Waals surface area contributed by atoms with Crippen LogP contribution in [0.1, 0.15) is 0 Å². The molecule has 0 unspecified atom stereocenters. The molecule has 0 radical (unpaired) electrons. The molecule has 1 aliphatic heterocycles. The molecule has 0 aliphatic carbocycles. The van der Waals surface area contributed by atoms with Gasteiger partial charge >= 0.3 is 0 Å². The molecule has 1 heterocycles. The van der Waals surface area contributed by atoms with Crippen LogP contribution in [0.25, 0.3) is 0 Å². The van der Waals surface area contributed by atoms with E-state index >= 15 is 0 Å². The Morgan fingerprint density at radius 3 is 2.39 bits per heavy atom. The highest BCUT2D eigenvalue weighted by atomic mass is 35.5. The summed E-state index contributed by atoms with van der Waals surface area (Å²) in [5.74, 6) is -0.393. The topological polar surface area (TPSA) is 79.0 Å². The Bertz CT molecular complexity index is 1010. The number of nitrogens with zero attached hydrogens (tertiary/aromatic N) is 2. The minimum Gasteiger partial charge on any atom is -0.482 e. The maximum Gasteiger partial charge on any atom is 0.257 e. The molecule has 31 heavy (non-hydrogen) atoms. The summed E-state index contributed by atoms with van der Waals surface area (Å²) in [6, 6.07) is 9.56. The van der Waals surface area contributed by atoms with Crippen LogP contribution >= 0.6 is 23.2 Å². The van der Waals surface area contributed by atoms with Crippen LogP contribution in [0.5, 0.6) is 5.75 Å². The molecule has 0 aromatic heterocycles. The van der Waals surface area contributed by atoms with Crippen LogP contribution in [0.4, 0.5) is 4.39 Å². The lowest BCUT2D eigenvalue weighted by Gasteiger charge is -2.33. The summed E-state index contributed by atoms with van der Waals surface area (Å²) < 4.78 is 45.1. The normalized spacial score (nSPS) is 15.6. The number of sulfonamides is 1. The van der Waals surface area contributed by atoms with E-state index in [9.17, 15) is 17.6 Å². The summed E-state index contributed by atoms with van der Waals surface area (Å²) in [5, 5.41) is 3.57. The summed E-state index contributed by atoms with van der Waals surface area (Å²) >= 11 is 11.8. The quantitative estimate of drug-likeness (QED) is 0.616. The molecule has 1 aliphatic rings. The number of halogens is 3. The van der Waals surface area contributed by atoms with E-state index in [0.717, 1.165) is 12.1 Å². The number of amides is 1. The Labute approximate surface area is 190 Å². The van der Waals surface area contributed by atoms with Crippen molar-refractivity contribution >= 4 is 39.1 Å². The second-order valence-electron chi connectivity index (χ2n) is 6.91. The fourth-order valence-corrected chi connectivity index (χ4v) is 4.97. The zero-order chi connectivity index (χ0) is 22.4. The monoisotopic (exact) mass is 489 g/mol. The van der Waals surface area contributed by atoms with Gasteiger partial charge < -0.3 is 10.1 Å². The number of hydrogen-bond donors (Lipinski definition) is 1. The SMILES string of the molecule is O=C(COc1ccc(Cl)cc1Cl)NCCN1CCN(S(=O)(=O)c2ccc(F)cc2)CC1. The van der Waals surface area contributed by atoms with Crippen molar-refractivity contribution in [2.24, 2.45) is 0 Å². The Morgan fingerprint density at radius 1 is 1.06 bits per heavy atom. The molecule has 0 atom stereocenters. The van der Waals surface area contributed by atoms with Gasteiger partial charge in [0.1, 0.15) is 11.6 Å². The Balaban J connectivity index is 1.38. The third kappa shape index (κ3) is 6.54. The minimum absolute atomic E-state index is 0.0791. The van der Waals surface area contributed by atoms with Gasteiger partial charge in [-0.3, -0.25) is 9.69 Å². The predicted octanol–water partition coefficient (Wildman–Crippen LogP) is 2.63. The van der Waals surface area contributed by atoms with Crippen LogP contribution in [-0.4, -0.2) is 69.4 Å². The van der Waals surface area contributed by atoms with Crippen molar-refractivity contribution in [3.63, 3.8) is 0 Å². The number of hydrogen-bond acceptors (Lipinski definition) is 5. The molecule has 0 bridgehead atoms. The van der Waals surface area contributed by atoms with E-state index in [1.165, 1.54) is 22.5 Å². The van der Waals surface area contributed by atoms with Crippen molar-refractivity contribution in [3.8, 4) is 5.75 Å². The van der Waals surface area contributed by atoms with Gasteiger partial charge in [-0.2, -0.15) is 4.31 Å². The highest BCUT2D eigenvalue weighted by Gasteiger charge is 2.28. The van der Waals surface area contributed by atoms with Crippen molar-refractivity contribution in [2.75, 3.05) is 45.9 Å². The molecule has 1 amide bonds. The average molecular weight is 490 g/mol. The molecule has 0 spiro atoms. The second kappa shape index (κ2) is 10.6. The molecule has 1 N–H and O–H groups in total. The molecule has 1 saturated heterocycles. The second-order valence-corrected chi connectivity index (χ2v) is 9.69. The highest BCUT2D eigenvalue weighted by molar-refractivity contribution is 7.89. The first-order valence-corrected chi connectivity index (χ1v) is 11.8. The van der Waals surface area contributed by atoms with Crippen molar-refractivity contribution in [3.05, 3.63) is 58.3 Å². The summed E-state index contributed by atoms with van der Waals surface area (Å²) in [4.78, 5) is 14.1. The van der Waals surface area contributed by atoms with Gasteiger partial charge in [-0.1, -0.05) is 23.2 Å². The fourth-order valence-electron chi connectivity index (χ4n) is 3.09. The van der Waals surface area contributed by atoms with Gasteiger partial charge in [-0.05, 0) is 42.5 Å². The molecule has 2 aromatic carbocycles. The van der Waals surface area contributed by atoms with Gasteiger partial charge in [0.2, 0.25) is 10.0 Å². The highest BCUT2D eigenvalue weighted by Crippen LogP contribution is 2.27. The molecular formula is C20H22Cl2FN3O4S. The van der Waals surface area contributed by atoms with Crippen LogP contribution < -0.4 is 10.1 Å². The molecular weight excluding hydrogens is 468 g/mol. The van der Waals surface area contributed by atoms with E-state index in [0.29, 0.717) is 55.1 Å². The van der Waals surface area contributed by atoms with Crippen LogP contribution in [0.2, 0.25) is 10.0 Å². The largest absolute Gasteiger partial charge is 0.482 e. The molecule has 3 rings (SSSR count). The first-order valence-electron chi connectivity index (χ1n) is 9.58. The third-order valence-corrected chi connectivity index (χ3v) is 7.23. The van der Waals surface area contributed by atoms with Crippen LogP contribution in [0.15, 0.2) is 47.4 Å². The molecule has 7 nitrogen and oxygen atoms in total. The van der Waals surface area contributed by atoms with Gasteiger partial charge in [0.15, 0.2) is 6.61 Å². The standard InChI is InChI=1S/C20H22Cl2FN3O4S/c21-15-1-6-19(18(22)13-15)30-14-20(27)24-7-8-25-9-11-26(12-10-25)31(28,29)17-4-2-16(23)3-5-17/h1-6,13H,7-12,14H2,(H,24,27). The maximum absolute atomic E-state index is 13.0. The number of piperazine rings is 1. The number of nitrogens with one attached hydrogen (secondary N) is 1. The Hall–Kier alpha value is -1.91. The van der Waals surface area contributed by atoms with Gasteiger partial charge in [0.25, 0.3) is 5.91 Å². The molecule has 2 aromatic rings. The number of carbonyl (C=O) groups is 1. The van der Waals surface area contributed by atoms with E-state index in [4.69, 9.17) is 27.9 Å². The van der Waals surface area contributed by atoms with E-state index in [1.54, 1.807) is 12.1 Å². The van der Waals surface area contributed by atoms with Crippen molar-refractivity contribution in [1.29, 1.82) is 0 Å². The summed E-state index contributed by atoms with van der Waals surface area (Å²) in [7, 11) is -3.64. The van der Waals surface area contributed by atoms with E-state index < -0.39 is 15.8 Å². The van der Waals surface area contributed by atoms with Gasteiger partial charge in [-0.15, -0.1) is 0 Å². The number of rotatable bonds is 8. The summed E-state index contributed by atoms with van der Waals surface area (Å²) in [6.07, 6.45) is 0. The van der Waals surface area contributed by atoms with Crippen molar-refractivity contribution in [2.45, 2.75) is 4.90 Å². The lowest BCUT2D eigenvalue weighted by molar-refractivity contribution is -0.123. The molecule has 1 fully saturated rings. The van der Waals surface area contributed by atoms with E-state index in [2.05, 4.69) is 10.2 Å². The molecule has 11 heteroatoms. The smallest absolute Gasteiger partial charge is 0.257 e. The molecule has 168 valence electrons. The van der Waals surface area contributed by atoms with Gasteiger partial charge in [0, 0.05) is 44.3 Å². The number of benzene rings is 2. The number of ether oxygens (including phenoxy) is 1. The Morgan fingerprint density at radius 2 is 1.74 bits per heavy atom. The predicted molar refractivity (Wildman–Crippen MR) is 117 cm³/mol. The minimum atomic E-state index is -3.64. The average Bonchev–Trinajstić information content (AvgIpc) is 2.74. The summed E-state index contributed by atoms with van der Waals surface area (Å²) in [6.45, 7) is 2.53. The lowest BCUT2D eigenvalue weighted by Crippen LogP contribution is -2.50. The van der Waals surface area contributed by atoms with Crippen molar-refractivity contribution < 1.29 is 22.3 Å². The first kappa shape index (κ1) is 23.7. The van der Waals surface area contributed by atoms with E-state index in [-0.39, 0.29) is 17.4 Å². The van der Waals surface area contributed by atoms with Gasteiger partial charge in [-0.25, -0.2) is 12.8 Å². The Kier molecular flexibility index (Phi) is 8.12. The van der Waals surface area contributed by atoms with Crippen LogP contribution in [-0.2, 0) is 14.8 Å². The maximum atomic E-state index is 13.0. The lowest BCUT2D eigenvalue weighted by atomic mass is 10.3.